The number of thiophene rings is 1. The van der Waals surface area contributed by atoms with Gasteiger partial charge in [0.2, 0.25) is 5.78 Å². The lowest BCUT2D eigenvalue weighted by molar-refractivity contribution is 0.0920. The minimum Gasteiger partial charge on any atom is -0.485 e. The van der Waals surface area contributed by atoms with Crippen LogP contribution in [0, 0.1) is 13.8 Å². The number of hydrogen-bond acceptors (Lipinski definition) is 5. The first-order valence-electron chi connectivity index (χ1n) is 8.91. The molecule has 0 radical (unpaired) electrons. The van der Waals surface area contributed by atoms with Gasteiger partial charge in [-0.05, 0) is 62.0 Å². The molecule has 0 amide bonds. The maximum absolute atomic E-state index is 12.6. The molecule has 0 bridgehead atoms. The number of hydrogen-bond donors (Lipinski definition) is 0. The van der Waals surface area contributed by atoms with Gasteiger partial charge in [-0.15, -0.1) is 11.3 Å². The topological polar surface area (TPSA) is 65.4 Å². The standard InChI is InChI=1S/C21H23NO4S2/c1-15-13-20(16(2)22(15)11-10-18-5-4-12-27-18)21(23)14-26-17-6-8-19(9-7-17)28(3,24)25/h4-9,12-13H,10-11,14H2,1-3H3. The summed E-state index contributed by atoms with van der Waals surface area (Å²) in [5, 5.41) is 2.07. The number of sulfone groups is 1. The first-order chi connectivity index (χ1) is 13.3. The van der Waals surface area contributed by atoms with Gasteiger partial charge < -0.3 is 9.30 Å². The van der Waals surface area contributed by atoms with Gasteiger partial charge in [0.05, 0.1) is 4.90 Å². The van der Waals surface area contributed by atoms with Gasteiger partial charge in [-0.3, -0.25) is 4.79 Å². The highest BCUT2D eigenvalue weighted by Crippen LogP contribution is 2.20. The highest BCUT2D eigenvalue weighted by Gasteiger charge is 2.16. The predicted octanol–water partition coefficient (Wildman–Crippen LogP) is 4.07. The van der Waals surface area contributed by atoms with E-state index in [0.717, 1.165) is 30.6 Å². The fourth-order valence-corrected chi connectivity index (χ4v) is 4.44. The number of benzene rings is 1. The second-order valence-electron chi connectivity index (χ2n) is 6.72. The van der Waals surface area contributed by atoms with Crippen molar-refractivity contribution in [1.29, 1.82) is 0 Å². The van der Waals surface area contributed by atoms with Gasteiger partial charge in [-0.25, -0.2) is 8.42 Å². The van der Waals surface area contributed by atoms with Gasteiger partial charge in [0.25, 0.3) is 0 Å². The van der Waals surface area contributed by atoms with Gasteiger partial charge in [0.1, 0.15) is 5.75 Å². The van der Waals surface area contributed by atoms with Crippen molar-refractivity contribution in [3.63, 3.8) is 0 Å². The average Bonchev–Trinajstić information content (AvgIpc) is 3.26. The van der Waals surface area contributed by atoms with Crippen molar-refractivity contribution in [2.45, 2.75) is 31.7 Å². The van der Waals surface area contributed by atoms with Crippen molar-refractivity contribution in [3.8, 4) is 5.75 Å². The molecule has 0 aliphatic carbocycles. The van der Waals surface area contributed by atoms with Crippen LogP contribution in [0.1, 0.15) is 26.6 Å². The molecule has 2 heterocycles. The molecule has 3 aromatic rings. The fraction of sp³-hybridized carbons (Fsp3) is 0.286. The smallest absolute Gasteiger partial charge is 0.202 e. The molecule has 0 atom stereocenters. The average molecular weight is 418 g/mol. The minimum atomic E-state index is -3.25. The summed E-state index contributed by atoms with van der Waals surface area (Å²) >= 11 is 1.74. The molecule has 0 spiro atoms. The first kappa shape index (κ1) is 20.4. The molecule has 0 aliphatic rings. The SMILES string of the molecule is Cc1cc(C(=O)COc2ccc(S(C)(=O)=O)cc2)c(C)n1CCc1cccs1. The monoisotopic (exact) mass is 417 g/mol. The highest BCUT2D eigenvalue weighted by atomic mass is 32.2. The molecule has 7 heteroatoms. The van der Waals surface area contributed by atoms with Crippen LogP contribution in [0.4, 0.5) is 0 Å². The summed E-state index contributed by atoms with van der Waals surface area (Å²) < 4.78 is 30.7. The summed E-state index contributed by atoms with van der Waals surface area (Å²) in [4.78, 5) is 14.2. The summed E-state index contributed by atoms with van der Waals surface area (Å²) in [5.74, 6) is 0.370. The van der Waals surface area contributed by atoms with Crippen molar-refractivity contribution in [2.24, 2.45) is 0 Å². The number of carbonyl (C=O) groups is 1. The Labute approximate surface area is 169 Å². The number of Topliss-reactive ketones (excluding diaryl/α,β-unsaturated/α-hetero) is 1. The number of rotatable bonds is 8. The number of carbonyl (C=O) groups excluding carboxylic acids is 1. The maximum Gasteiger partial charge on any atom is 0.202 e. The zero-order valence-electron chi connectivity index (χ0n) is 16.1. The molecule has 0 N–H and O–H groups in total. The molecular weight excluding hydrogens is 394 g/mol. The van der Waals surface area contributed by atoms with Crippen LogP contribution in [-0.2, 0) is 22.8 Å². The fourth-order valence-electron chi connectivity index (χ4n) is 3.11. The Morgan fingerprint density at radius 3 is 2.46 bits per heavy atom. The molecule has 0 fully saturated rings. The number of nitrogens with zero attached hydrogens (tertiary/aromatic N) is 1. The normalized spacial score (nSPS) is 11.5. The quantitative estimate of drug-likeness (QED) is 0.518. The molecule has 0 saturated carbocycles. The second-order valence-corrected chi connectivity index (χ2v) is 9.77. The van der Waals surface area contributed by atoms with Gasteiger partial charge in [0, 0.05) is 34.6 Å². The lowest BCUT2D eigenvalue weighted by atomic mass is 10.1. The molecular formula is C21H23NO4S2. The number of aromatic nitrogens is 1. The zero-order chi connectivity index (χ0) is 20.3. The Bertz CT molecular complexity index is 1060. The first-order valence-corrected chi connectivity index (χ1v) is 11.7. The van der Waals surface area contributed by atoms with E-state index in [0.29, 0.717) is 11.3 Å². The number of ketones is 1. The van der Waals surface area contributed by atoms with Crippen molar-refractivity contribution in [2.75, 3.05) is 12.9 Å². The molecule has 28 heavy (non-hydrogen) atoms. The Morgan fingerprint density at radius 1 is 1.14 bits per heavy atom. The Hall–Kier alpha value is -2.38. The Morgan fingerprint density at radius 2 is 1.86 bits per heavy atom. The lowest BCUT2D eigenvalue weighted by Crippen LogP contribution is -2.13. The minimum absolute atomic E-state index is 0.0898. The highest BCUT2D eigenvalue weighted by molar-refractivity contribution is 7.90. The molecule has 2 aromatic heterocycles. The zero-order valence-corrected chi connectivity index (χ0v) is 17.8. The van der Waals surface area contributed by atoms with Crippen LogP contribution < -0.4 is 4.74 Å². The van der Waals surface area contributed by atoms with E-state index in [1.807, 2.05) is 26.0 Å². The van der Waals surface area contributed by atoms with Crippen LogP contribution in [0.5, 0.6) is 5.75 Å². The van der Waals surface area contributed by atoms with Crippen molar-refractivity contribution < 1.29 is 17.9 Å². The van der Waals surface area contributed by atoms with Crippen LogP contribution >= 0.6 is 11.3 Å². The molecule has 0 unspecified atom stereocenters. The van der Waals surface area contributed by atoms with E-state index in [1.165, 1.54) is 17.0 Å². The van der Waals surface area contributed by atoms with Crippen LogP contribution in [0.3, 0.4) is 0 Å². The molecule has 5 nitrogen and oxygen atoms in total. The molecule has 148 valence electrons. The molecule has 0 saturated heterocycles. The molecule has 1 aromatic carbocycles. The third-order valence-electron chi connectivity index (χ3n) is 4.66. The van der Waals surface area contributed by atoms with E-state index in [2.05, 4.69) is 16.0 Å². The molecule has 3 rings (SSSR count). The Balaban J connectivity index is 1.65. The van der Waals surface area contributed by atoms with Crippen molar-refractivity contribution in [1.82, 2.24) is 4.57 Å². The van der Waals surface area contributed by atoms with E-state index in [4.69, 9.17) is 4.74 Å². The third-order valence-corrected chi connectivity index (χ3v) is 6.72. The van der Waals surface area contributed by atoms with E-state index >= 15 is 0 Å². The predicted molar refractivity (Wildman–Crippen MR) is 111 cm³/mol. The van der Waals surface area contributed by atoms with E-state index in [9.17, 15) is 13.2 Å². The van der Waals surface area contributed by atoms with Gasteiger partial charge in [0.15, 0.2) is 16.4 Å². The Kier molecular flexibility index (Phi) is 6.05. The third kappa shape index (κ3) is 4.72. The summed E-state index contributed by atoms with van der Waals surface area (Å²) in [6.45, 7) is 4.70. The van der Waals surface area contributed by atoms with E-state index < -0.39 is 9.84 Å². The van der Waals surface area contributed by atoms with Crippen LogP contribution in [0.15, 0.2) is 52.7 Å². The van der Waals surface area contributed by atoms with Crippen molar-refractivity contribution in [3.05, 3.63) is 69.7 Å². The van der Waals surface area contributed by atoms with E-state index in [-0.39, 0.29) is 17.3 Å². The number of ether oxygens (including phenoxy) is 1. The van der Waals surface area contributed by atoms with Crippen LogP contribution in [0.2, 0.25) is 0 Å². The lowest BCUT2D eigenvalue weighted by Gasteiger charge is -2.09. The maximum atomic E-state index is 12.6. The molecule has 0 aliphatic heterocycles. The van der Waals surface area contributed by atoms with Crippen LogP contribution in [-0.4, -0.2) is 31.6 Å². The largest absolute Gasteiger partial charge is 0.485 e. The van der Waals surface area contributed by atoms with Gasteiger partial charge in [-0.2, -0.15) is 0 Å². The van der Waals surface area contributed by atoms with E-state index in [1.54, 1.807) is 23.5 Å². The second kappa shape index (κ2) is 8.32. The van der Waals surface area contributed by atoms with Crippen molar-refractivity contribution >= 4 is 27.0 Å². The number of aryl methyl sites for hydroxylation is 2. The summed E-state index contributed by atoms with van der Waals surface area (Å²) in [5.41, 5.74) is 2.65. The summed E-state index contributed by atoms with van der Waals surface area (Å²) in [6.07, 6.45) is 2.09. The summed E-state index contributed by atoms with van der Waals surface area (Å²) in [6, 6.07) is 12.2. The summed E-state index contributed by atoms with van der Waals surface area (Å²) in [7, 11) is -3.25. The van der Waals surface area contributed by atoms with Crippen LogP contribution in [0.25, 0.3) is 0 Å². The van der Waals surface area contributed by atoms with Gasteiger partial charge in [-0.1, -0.05) is 6.07 Å². The van der Waals surface area contributed by atoms with Gasteiger partial charge >= 0.3 is 0 Å².